The molecule has 13 rings (SSSR count). The van der Waals surface area contributed by atoms with Crippen LogP contribution in [0, 0.1) is 11.8 Å². The molecule has 4 heterocycles. The van der Waals surface area contributed by atoms with Crippen LogP contribution < -0.4 is 20.9 Å². The first-order valence-corrected chi connectivity index (χ1v) is 24.6. The summed E-state index contributed by atoms with van der Waals surface area (Å²) in [6.07, 6.45) is 13.8. The van der Waals surface area contributed by atoms with Crippen molar-refractivity contribution in [3.63, 3.8) is 0 Å². The molecular weight excluding hydrogens is 779 g/mol. The summed E-state index contributed by atoms with van der Waals surface area (Å²) in [5.74, 6) is 2.23. The standard InChI is InChI=1S/C59H63BN2O2/c1-32(2)34-19-22-44-43(28-34)60-51-46(62(44)45-17-14-16-37-36-15-12-13-18-47(36)63-54(37)45)27-33(3)49-50(51)53(49)61(35-20-21-39-40(29-35)57(6,7)24-23-56(39,4)5)52-38-30-41-42(31-48(38)64-55(52)60)59(10,11)26-25-58(41,8)9/h12,14-17,19-22,27-32,49-50,53H,13,18,23-26H2,1-11H3/t49?,50-,53?/m0/s1. The van der Waals surface area contributed by atoms with Crippen molar-refractivity contribution in [2.45, 2.75) is 148 Å². The lowest BCUT2D eigenvalue weighted by atomic mass is 9.35. The minimum Gasteiger partial charge on any atom is -0.468 e. The molecule has 6 aromatic rings. The minimum atomic E-state index is -0.0350. The van der Waals surface area contributed by atoms with E-state index in [0.29, 0.717) is 17.8 Å². The van der Waals surface area contributed by atoms with Crippen molar-refractivity contribution in [3.05, 3.63) is 135 Å². The molecule has 7 aliphatic rings. The van der Waals surface area contributed by atoms with E-state index in [0.717, 1.165) is 41.1 Å². The van der Waals surface area contributed by atoms with E-state index in [-0.39, 0.29) is 34.4 Å². The lowest BCUT2D eigenvalue weighted by molar-refractivity contribution is 0.332. The maximum atomic E-state index is 7.69. The van der Waals surface area contributed by atoms with Crippen molar-refractivity contribution in [2.24, 2.45) is 11.8 Å². The van der Waals surface area contributed by atoms with Gasteiger partial charge in [0, 0.05) is 57.7 Å². The highest BCUT2D eigenvalue weighted by molar-refractivity contribution is 6.93. The molecule has 0 radical (unpaired) electrons. The Morgan fingerprint density at radius 3 is 2.14 bits per heavy atom. The molecule has 0 amide bonds. The summed E-state index contributed by atoms with van der Waals surface area (Å²) in [5.41, 5.74) is 22.6. The summed E-state index contributed by atoms with van der Waals surface area (Å²) in [5, 5.41) is 2.48. The highest BCUT2D eigenvalue weighted by atomic mass is 16.3. The van der Waals surface area contributed by atoms with Crippen LogP contribution in [0.2, 0.25) is 0 Å². The van der Waals surface area contributed by atoms with E-state index < -0.39 is 0 Å². The van der Waals surface area contributed by atoms with Crippen molar-refractivity contribution >= 4 is 68.6 Å². The van der Waals surface area contributed by atoms with Gasteiger partial charge in [0.05, 0.1) is 17.0 Å². The molecule has 0 spiro atoms. The Hall–Kier alpha value is -5.16. The highest BCUT2D eigenvalue weighted by Crippen LogP contribution is 2.64. The van der Waals surface area contributed by atoms with Crippen molar-refractivity contribution in [1.29, 1.82) is 0 Å². The predicted molar refractivity (Wildman–Crippen MR) is 268 cm³/mol. The molecule has 2 aliphatic heterocycles. The van der Waals surface area contributed by atoms with Gasteiger partial charge >= 0.3 is 0 Å². The number of hydrogen-bond acceptors (Lipinski definition) is 4. The first kappa shape index (κ1) is 39.2. The summed E-state index contributed by atoms with van der Waals surface area (Å²) in [6, 6.07) is 27.1. The monoisotopic (exact) mass is 842 g/mol. The smallest absolute Gasteiger partial charge is 0.291 e. The van der Waals surface area contributed by atoms with Gasteiger partial charge in [-0.25, -0.2) is 0 Å². The molecule has 0 saturated heterocycles. The molecule has 1 fully saturated rings. The lowest BCUT2D eigenvalue weighted by Crippen LogP contribution is -2.52. The molecule has 0 N–H and O–H groups in total. The first-order chi connectivity index (χ1) is 30.4. The fourth-order valence-corrected chi connectivity index (χ4v) is 13.8. The topological polar surface area (TPSA) is 32.8 Å². The highest BCUT2D eigenvalue weighted by Gasteiger charge is 2.65. The number of allylic oxidation sites excluding steroid dienone is 2. The number of aryl methyl sites for hydroxylation is 1. The minimum absolute atomic E-state index is 0.0350. The third-order valence-electron chi connectivity index (χ3n) is 17.8. The van der Waals surface area contributed by atoms with Gasteiger partial charge in [0.15, 0.2) is 5.58 Å². The summed E-state index contributed by atoms with van der Waals surface area (Å²) < 4.78 is 14.6. The van der Waals surface area contributed by atoms with E-state index in [1.54, 1.807) is 0 Å². The van der Waals surface area contributed by atoms with Crippen molar-refractivity contribution in [3.8, 4) is 0 Å². The second kappa shape index (κ2) is 12.6. The third-order valence-corrected chi connectivity index (χ3v) is 17.8. The normalized spacial score (nSPS) is 24.8. The van der Waals surface area contributed by atoms with Crippen LogP contribution in [0.3, 0.4) is 0 Å². The van der Waals surface area contributed by atoms with Gasteiger partial charge in [-0.2, -0.15) is 0 Å². The molecule has 2 unspecified atom stereocenters. The number of fused-ring (bicyclic) bond motifs is 12. The Labute approximate surface area is 380 Å². The molecule has 3 atom stereocenters. The van der Waals surface area contributed by atoms with Crippen LogP contribution in [0.15, 0.2) is 104 Å². The molecular formula is C59H63BN2O2. The molecule has 4 nitrogen and oxygen atoms in total. The van der Waals surface area contributed by atoms with E-state index in [1.807, 2.05) is 0 Å². The van der Waals surface area contributed by atoms with Crippen molar-refractivity contribution in [2.75, 3.05) is 9.80 Å². The number of nitrogens with zero attached hydrogens (tertiary/aromatic N) is 2. The zero-order valence-corrected chi connectivity index (χ0v) is 39.9. The van der Waals surface area contributed by atoms with Gasteiger partial charge in [0.1, 0.15) is 11.3 Å². The van der Waals surface area contributed by atoms with Crippen LogP contribution in [0.4, 0.5) is 22.7 Å². The summed E-state index contributed by atoms with van der Waals surface area (Å²) in [4.78, 5) is 5.41. The average Bonchev–Trinajstić information content (AvgIpc) is 3.76. The van der Waals surface area contributed by atoms with E-state index in [9.17, 15) is 0 Å². The Kier molecular flexibility index (Phi) is 7.72. The second-order valence-electron chi connectivity index (χ2n) is 23.9. The Balaban J connectivity index is 1.13. The van der Waals surface area contributed by atoms with Gasteiger partial charge in [-0.05, 0) is 142 Å². The van der Waals surface area contributed by atoms with E-state index in [1.165, 1.54) is 109 Å². The number of anilines is 4. The van der Waals surface area contributed by atoms with Gasteiger partial charge in [-0.3, -0.25) is 0 Å². The van der Waals surface area contributed by atoms with Gasteiger partial charge in [0.25, 0.3) is 6.71 Å². The Morgan fingerprint density at radius 1 is 0.703 bits per heavy atom. The van der Waals surface area contributed by atoms with Gasteiger partial charge < -0.3 is 18.6 Å². The van der Waals surface area contributed by atoms with E-state index in [2.05, 4.69) is 171 Å². The summed E-state index contributed by atoms with van der Waals surface area (Å²) >= 11 is 0. The van der Waals surface area contributed by atoms with Crippen LogP contribution >= 0.6 is 0 Å². The van der Waals surface area contributed by atoms with Crippen LogP contribution in [-0.2, 0) is 28.1 Å². The fourth-order valence-electron chi connectivity index (χ4n) is 13.8. The van der Waals surface area contributed by atoms with E-state index in [4.69, 9.17) is 8.83 Å². The number of hydrogen-bond donors (Lipinski definition) is 0. The van der Waals surface area contributed by atoms with E-state index >= 15 is 0 Å². The Morgan fingerprint density at radius 2 is 1.41 bits per heavy atom. The zero-order valence-electron chi connectivity index (χ0n) is 39.9. The maximum absolute atomic E-state index is 7.69. The van der Waals surface area contributed by atoms with Crippen LogP contribution in [-0.4, -0.2) is 12.8 Å². The molecule has 324 valence electrons. The molecule has 4 aromatic carbocycles. The number of benzene rings is 4. The molecule has 64 heavy (non-hydrogen) atoms. The van der Waals surface area contributed by atoms with Crippen LogP contribution in [0.5, 0.6) is 0 Å². The number of rotatable bonds is 3. The molecule has 5 aliphatic carbocycles. The maximum Gasteiger partial charge on any atom is 0.291 e. The zero-order chi connectivity index (χ0) is 44.1. The SMILES string of the molecule is CC1=CC2=C3B(c4cc(C(C)C)ccc4N2c2cccc4c5c(oc24)CCC=C5)c2oc4cc5c(cc4c2N(c2ccc4c(c2)C(C)(C)CCC4(C)C)C2C1[C@@H]32)C(C)(C)CCC5(C)C. The summed E-state index contributed by atoms with van der Waals surface area (Å²) in [6.45, 7) is 26.7. The lowest BCUT2D eigenvalue weighted by Gasteiger charge is -2.42. The average molecular weight is 843 g/mol. The molecule has 1 saturated carbocycles. The second-order valence-corrected chi connectivity index (χ2v) is 23.9. The van der Waals surface area contributed by atoms with Crippen LogP contribution in [0.25, 0.3) is 28.0 Å². The van der Waals surface area contributed by atoms with Crippen LogP contribution in [0.1, 0.15) is 153 Å². The van der Waals surface area contributed by atoms with Gasteiger partial charge in [-0.15, -0.1) is 0 Å². The summed E-state index contributed by atoms with van der Waals surface area (Å²) in [7, 11) is 0. The fraction of sp³-hybridized carbons (Fsp3) is 0.424. The quantitative estimate of drug-likeness (QED) is 0.166. The largest absolute Gasteiger partial charge is 0.468 e. The predicted octanol–water partition coefficient (Wildman–Crippen LogP) is 14.2. The first-order valence-electron chi connectivity index (χ1n) is 24.6. The number of furan rings is 2. The molecule has 5 heteroatoms. The third kappa shape index (κ3) is 5.13. The van der Waals surface area contributed by atoms with Gasteiger partial charge in [-0.1, -0.05) is 123 Å². The molecule has 2 aromatic heterocycles. The van der Waals surface area contributed by atoms with Crippen molar-refractivity contribution < 1.29 is 8.83 Å². The number of para-hydroxylation sites is 1. The Bertz CT molecular complexity index is 3160. The molecule has 0 bridgehead atoms. The van der Waals surface area contributed by atoms with Crippen molar-refractivity contribution in [1.82, 2.24) is 0 Å². The van der Waals surface area contributed by atoms with Gasteiger partial charge in [0.2, 0.25) is 0 Å².